The lowest BCUT2D eigenvalue weighted by Crippen LogP contribution is -2.19. The summed E-state index contributed by atoms with van der Waals surface area (Å²) in [5.74, 6) is 0. The van der Waals surface area contributed by atoms with E-state index in [1.165, 1.54) is 16.0 Å². The van der Waals surface area contributed by atoms with Crippen molar-refractivity contribution in [1.82, 2.24) is 0 Å². The zero-order valence-electron chi connectivity index (χ0n) is 11.9. The van der Waals surface area contributed by atoms with E-state index in [1.54, 1.807) is 11.8 Å². The van der Waals surface area contributed by atoms with E-state index >= 15 is 0 Å². The Morgan fingerprint density at radius 3 is 2.55 bits per heavy atom. The number of aryl methyl sites for hydroxylation is 1. The topological polar surface area (TPSA) is 24.1 Å². The number of nitrogens with one attached hydrogen (secondary N) is 2. The Balaban J connectivity index is 2.07. The quantitative estimate of drug-likeness (QED) is 0.626. The van der Waals surface area contributed by atoms with Crippen LogP contribution in [0.4, 0.5) is 11.4 Å². The van der Waals surface area contributed by atoms with Crippen molar-refractivity contribution in [3.8, 4) is 0 Å². The van der Waals surface area contributed by atoms with E-state index in [0.29, 0.717) is 5.11 Å². The Morgan fingerprint density at radius 1 is 1.05 bits per heavy atom. The van der Waals surface area contributed by atoms with Gasteiger partial charge in [-0.2, -0.15) is 0 Å². The summed E-state index contributed by atoms with van der Waals surface area (Å²) in [7, 11) is 0. The monoisotopic (exact) mass is 302 g/mol. The van der Waals surface area contributed by atoms with Gasteiger partial charge in [0.1, 0.15) is 0 Å². The molecule has 2 nitrogen and oxygen atoms in total. The van der Waals surface area contributed by atoms with Crippen LogP contribution in [0.2, 0.25) is 0 Å². The van der Waals surface area contributed by atoms with Crippen LogP contribution in [0.5, 0.6) is 0 Å². The van der Waals surface area contributed by atoms with Crippen molar-refractivity contribution in [2.24, 2.45) is 0 Å². The first-order valence-corrected chi connectivity index (χ1v) is 8.01. The van der Waals surface area contributed by atoms with Gasteiger partial charge in [-0.15, -0.1) is 11.8 Å². The molecule has 0 aliphatic carbocycles. The van der Waals surface area contributed by atoms with Gasteiger partial charge in [-0.3, -0.25) is 0 Å². The number of hydrogen-bond donors (Lipinski definition) is 2. The molecule has 2 N–H and O–H groups in total. The van der Waals surface area contributed by atoms with E-state index in [4.69, 9.17) is 12.2 Å². The molecule has 0 saturated carbocycles. The lowest BCUT2D eigenvalue weighted by molar-refractivity contribution is 1.34. The van der Waals surface area contributed by atoms with Crippen molar-refractivity contribution in [2.75, 3.05) is 16.9 Å². The molecule has 0 aliphatic rings. The fourth-order valence-corrected chi connectivity index (χ4v) is 2.56. The molecule has 2 aromatic rings. The molecule has 0 amide bonds. The minimum atomic E-state index is 0.608. The molecule has 0 heterocycles. The lowest BCUT2D eigenvalue weighted by Gasteiger charge is -2.14. The Labute approximate surface area is 130 Å². The van der Waals surface area contributed by atoms with Crippen molar-refractivity contribution < 1.29 is 0 Å². The maximum absolute atomic E-state index is 5.37. The van der Waals surface area contributed by atoms with Crippen LogP contribution >= 0.6 is 24.0 Å². The predicted molar refractivity (Wildman–Crippen MR) is 94.0 cm³/mol. The Bertz CT molecular complexity index is 624. The Kier molecular flexibility index (Phi) is 5.04. The maximum Gasteiger partial charge on any atom is 0.175 e. The molecule has 2 rings (SSSR count). The van der Waals surface area contributed by atoms with Crippen molar-refractivity contribution in [1.29, 1.82) is 0 Å². The molecule has 0 aromatic heterocycles. The zero-order chi connectivity index (χ0) is 14.5. The van der Waals surface area contributed by atoms with Crippen molar-refractivity contribution >= 4 is 40.5 Å². The van der Waals surface area contributed by atoms with Gasteiger partial charge >= 0.3 is 0 Å². The molecule has 0 radical (unpaired) electrons. The highest BCUT2D eigenvalue weighted by Gasteiger charge is 2.03. The second-order valence-corrected chi connectivity index (χ2v) is 5.85. The van der Waals surface area contributed by atoms with Crippen molar-refractivity contribution in [2.45, 2.75) is 18.7 Å². The Morgan fingerprint density at radius 2 is 1.80 bits per heavy atom. The molecular weight excluding hydrogens is 284 g/mol. The molecule has 20 heavy (non-hydrogen) atoms. The van der Waals surface area contributed by atoms with E-state index in [9.17, 15) is 0 Å². The fraction of sp³-hybridized carbons (Fsp3) is 0.188. The first kappa shape index (κ1) is 14.9. The van der Waals surface area contributed by atoms with Crippen molar-refractivity contribution in [3.05, 3.63) is 53.6 Å². The standard InChI is InChI=1S/C16H18N2S2/c1-11-6-4-9-15(12(11)2)18-16(19)17-13-7-5-8-14(10-13)20-3/h4-10H,1-3H3,(H2,17,18,19). The van der Waals surface area contributed by atoms with Crippen molar-refractivity contribution in [3.63, 3.8) is 0 Å². The summed E-state index contributed by atoms with van der Waals surface area (Å²) in [4.78, 5) is 1.21. The Hall–Kier alpha value is -1.52. The lowest BCUT2D eigenvalue weighted by atomic mass is 10.1. The molecule has 104 valence electrons. The molecule has 4 heteroatoms. The van der Waals surface area contributed by atoms with Gasteiger partial charge in [0, 0.05) is 16.3 Å². The SMILES string of the molecule is CSc1cccc(NC(=S)Nc2cccc(C)c2C)c1. The molecule has 0 unspecified atom stereocenters. The number of rotatable bonds is 3. The average molecular weight is 302 g/mol. The summed E-state index contributed by atoms with van der Waals surface area (Å²) in [5, 5.41) is 7.08. The van der Waals surface area contributed by atoms with E-state index in [1.807, 2.05) is 24.3 Å². The summed E-state index contributed by atoms with van der Waals surface area (Å²) < 4.78 is 0. The van der Waals surface area contributed by atoms with E-state index in [0.717, 1.165) is 11.4 Å². The average Bonchev–Trinajstić information content (AvgIpc) is 2.44. The molecule has 0 saturated heterocycles. The number of benzene rings is 2. The van der Waals surface area contributed by atoms with E-state index < -0.39 is 0 Å². The van der Waals surface area contributed by atoms with Crippen LogP contribution in [0.15, 0.2) is 47.4 Å². The fourth-order valence-electron chi connectivity index (χ4n) is 1.87. The van der Waals surface area contributed by atoms with Crippen LogP contribution in [0, 0.1) is 13.8 Å². The minimum absolute atomic E-state index is 0.608. The molecule has 0 bridgehead atoms. The molecular formula is C16H18N2S2. The van der Waals surface area contributed by atoms with Gasteiger partial charge in [-0.05, 0) is 67.7 Å². The van der Waals surface area contributed by atoms with Gasteiger partial charge in [-0.25, -0.2) is 0 Å². The maximum atomic E-state index is 5.37. The highest BCUT2D eigenvalue weighted by atomic mass is 32.2. The minimum Gasteiger partial charge on any atom is -0.332 e. The number of anilines is 2. The van der Waals surface area contributed by atoms with Crippen LogP contribution < -0.4 is 10.6 Å². The van der Waals surface area contributed by atoms with Gasteiger partial charge < -0.3 is 10.6 Å². The van der Waals surface area contributed by atoms with Gasteiger partial charge in [0.2, 0.25) is 0 Å². The third kappa shape index (κ3) is 3.74. The normalized spacial score (nSPS) is 10.2. The smallest absolute Gasteiger partial charge is 0.175 e. The third-order valence-electron chi connectivity index (χ3n) is 3.18. The summed E-state index contributed by atoms with van der Waals surface area (Å²) >= 11 is 7.09. The van der Waals surface area contributed by atoms with Gasteiger partial charge in [0.15, 0.2) is 5.11 Å². The first-order chi connectivity index (χ1) is 9.60. The van der Waals surface area contributed by atoms with Gasteiger partial charge in [-0.1, -0.05) is 18.2 Å². The van der Waals surface area contributed by atoms with E-state index in [2.05, 4.69) is 48.9 Å². The van der Waals surface area contributed by atoms with Gasteiger partial charge in [0.05, 0.1) is 0 Å². The summed E-state index contributed by atoms with van der Waals surface area (Å²) in [5.41, 5.74) is 4.51. The van der Waals surface area contributed by atoms with Crippen LogP contribution in [0.1, 0.15) is 11.1 Å². The highest BCUT2D eigenvalue weighted by Crippen LogP contribution is 2.20. The van der Waals surface area contributed by atoms with E-state index in [-0.39, 0.29) is 0 Å². The second kappa shape index (κ2) is 6.77. The van der Waals surface area contributed by atoms with Crippen LogP contribution in [-0.2, 0) is 0 Å². The molecule has 0 fully saturated rings. The molecule has 0 atom stereocenters. The number of thioether (sulfide) groups is 1. The summed E-state index contributed by atoms with van der Waals surface area (Å²) in [6, 6.07) is 14.4. The van der Waals surface area contributed by atoms with Crippen LogP contribution in [0.3, 0.4) is 0 Å². The zero-order valence-corrected chi connectivity index (χ0v) is 13.5. The molecule has 0 aliphatic heterocycles. The number of hydrogen-bond acceptors (Lipinski definition) is 2. The van der Waals surface area contributed by atoms with Crippen LogP contribution in [-0.4, -0.2) is 11.4 Å². The first-order valence-electron chi connectivity index (χ1n) is 6.38. The third-order valence-corrected chi connectivity index (χ3v) is 4.11. The van der Waals surface area contributed by atoms with Gasteiger partial charge in [0.25, 0.3) is 0 Å². The second-order valence-electron chi connectivity index (χ2n) is 4.56. The summed E-state index contributed by atoms with van der Waals surface area (Å²) in [6.45, 7) is 4.19. The molecule has 0 spiro atoms. The summed E-state index contributed by atoms with van der Waals surface area (Å²) in [6.07, 6.45) is 2.06. The predicted octanol–water partition coefficient (Wildman–Crippen LogP) is 4.83. The largest absolute Gasteiger partial charge is 0.332 e. The number of thiocarbonyl (C=S) groups is 1. The highest BCUT2D eigenvalue weighted by molar-refractivity contribution is 7.98. The van der Waals surface area contributed by atoms with Crippen LogP contribution in [0.25, 0.3) is 0 Å². The molecule has 2 aromatic carbocycles.